The molecule has 33 heavy (non-hydrogen) atoms. The number of carbonyl (C=O) groups excluding carboxylic acids is 1. The third kappa shape index (κ3) is 4.12. The Balaban J connectivity index is 2.02. The Morgan fingerprint density at radius 1 is 1.09 bits per heavy atom. The number of hydrogen-bond acceptors (Lipinski definition) is 7. The molecule has 168 valence electrons. The zero-order chi connectivity index (χ0) is 23.5. The Morgan fingerprint density at radius 3 is 2.58 bits per heavy atom. The van der Waals surface area contributed by atoms with Gasteiger partial charge < -0.3 is 14.0 Å². The maximum Gasteiger partial charge on any atom is 0.248 e. The maximum absolute atomic E-state index is 14.8. The number of amides is 1. The standard InChI is InChI=1S/C24H21FN4O4/c1-14-5-7-18(25)17(11-14)23-22(19-9-10-26-13-27-19)24(33-28-23)29(15(2)30)20-12-16(31-3)6-8-21(20)32-4/h5-13H,1-4H3. The molecule has 0 bridgehead atoms. The lowest BCUT2D eigenvalue weighted by molar-refractivity contribution is -0.116. The molecule has 0 unspecified atom stereocenters. The second kappa shape index (κ2) is 9.07. The van der Waals surface area contributed by atoms with Gasteiger partial charge >= 0.3 is 0 Å². The molecule has 0 atom stereocenters. The predicted molar refractivity (Wildman–Crippen MR) is 120 cm³/mol. The number of anilines is 2. The average Bonchev–Trinajstić information content (AvgIpc) is 3.25. The molecule has 4 rings (SSSR count). The van der Waals surface area contributed by atoms with Crippen LogP contribution in [0.4, 0.5) is 16.0 Å². The van der Waals surface area contributed by atoms with Gasteiger partial charge in [0.1, 0.15) is 29.3 Å². The van der Waals surface area contributed by atoms with E-state index in [0.29, 0.717) is 28.4 Å². The summed E-state index contributed by atoms with van der Waals surface area (Å²) >= 11 is 0. The summed E-state index contributed by atoms with van der Waals surface area (Å²) in [6.45, 7) is 3.22. The van der Waals surface area contributed by atoms with Gasteiger partial charge in [-0.15, -0.1) is 0 Å². The minimum Gasteiger partial charge on any atom is -0.497 e. The summed E-state index contributed by atoms with van der Waals surface area (Å²) in [6, 6.07) is 11.3. The largest absolute Gasteiger partial charge is 0.497 e. The SMILES string of the molecule is COc1ccc(OC)c(N(C(C)=O)c2onc(-c3cc(C)ccc3F)c2-c2ccncn2)c1. The fraction of sp³-hybridized carbons (Fsp3) is 0.167. The van der Waals surface area contributed by atoms with Crippen molar-refractivity contribution in [2.45, 2.75) is 13.8 Å². The van der Waals surface area contributed by atoms with E-state index in [1.54, 1.807) is 42.6 Å². The maximum atomic E-state index is 14.8. The van der Waals surface area contributed by atoms with E-state index in [1.165, 1.54) is 38.4 Å². The Morgan fingerprint density at radius 2 is 1.91 bits per heavy atom. The Kier molecular flexibility index (Phi) is 6.03. The molecule has 0 aliphatic carbocycles. The van der Waals surface area contributed by atoms with Crippen molar-refractivity contribution >= 4 is 17.5 Å². The van der Waals surface area contributed by atoms with E-state index in [4.69, 9.17) is 14.0 Å². The highest BCUT2D eigenvalue weighted by atomic mass is 19.1. The number of aryl methyl sites for hydroxylation is 1. The second-order valence-corrected chi connectivity index (χ2v) is 7.18. The summed E-state index contributed by atoms with van der Waals surface area (Å²) in [5.41, 5.74) is 2.37. The second-order valence-electron chi connectivity index (χ2n) is 7.18. The molecule has 8 nitrogen and oxygen atoms in total. The van der Waals surface area contributed by atoms with Crippen molar-refractivity contribution in [1.82, 2.24) is 15.1 Å². The number of hydrogen-bond donors (Lipinski definition) is 0. The molecular formula is C24H21FN4O4. The normalized spacial score (nSPS) is 10.7. The van der Waals surface area contributed by atoms with Crippen molar-refractivity contribution in [3.05, 3.63) is 66.4 Å². The van der Waals surface area contributed by atoms with E-state index in [0.717, 1.165) is 5.56 Å². The van der Waals surface area contributed by atoms with Crippen LogP contribution in [0.25, 0.3) is 22.5 Å². The van der Waals surface area contributed by atoms with E-state index < -0.39 is 5.82 Å². The molecule has 1 amide bonds. The Labute approximate surface area is 189 Å². The van der Waals surface area contributed by atoms with Crippen molar-refractivity contribution in [2.75, 3.05) is 19.1 Å². The van der Waals surface area contributed by atoms with Gasteiger partial charge in [0.25, 0.3) is 0 Å². The molecule has 0 saturated carbocycles. The molecule has 0 saturated heterocycles. The number of rotatable bonds is 6. The summed E-state index contributed by atoms with van der Waals surface area (Å²) in [5.74, 6) is 0.0986. The van der Waals surface area contributed by atoms with Gasteiger partial charge in [-0.3, -0.25) is 4.79 Å². The van der Waals surface area contributed by atoms with Crippen LogP contribution in [0, 0.1) is 12.7 Å². The van der Waals surface area contributed by atoms with Gasteiger partial charge in [-0.1, -0.05) is 16.8 Å². The Bertz CT molecular complexity index is 1310. The van der Waals surface area contributed by atoms with Crippen LogP contribution in [-0.2, 0) is 4.79 Å². The van der Waals surface area contributed by atoms with Gasteiger partial charge in [0.05, 0.1) is 31.2 Å². The van der Waals surface area contributed by atoms with Crippen molar-refractivity contribution in [1.29, 1.82) is 0 Å². The number of ether oxygens (including phenoxy) is 2. The van der Waals surface area contributed by atoms with Crippen LogP contribution in [-0.4, -0.2) is 35.3 Å². The van der Waals surface area contributed by atoms with E-state index in [9.17, 15) is 9.18 Å². The Hall–Kier alpha value is -4.27. The molecule has 0 spiro atoms. The molecule has 0 aliphatic rings. The summed E-state index contributed by atoms with van der Waals surface area (Å²) in [7, 11) is 3.01. The number of carbonyl (C=O) groups is 1. The molecular weight excluding hydrogens is 427 g/mol. The molecule has 2 heterocycles. The number of nitrogens with zero attached hydrogens (tertiary/aromatic N) is 4. The molecule has 0 aliphatic heterocycles. The number of benzene rings is 2. The summed E-state index contributed by atoms with van der Waals surface area (Å²) in [5, 5.41) is 4.15. The lowest BCUT2D eigenvalue weighted by Gasteiger charge is -2.22. The van der Waals surface area contributed by atoms with E-state index in [2.05, 4.69) is 15.1 Å². The summed E-state index contributed by atoms with van der Waals surface area (Å²) in [4.78, 5) is 22.5. The van der Waals surface area contributed by atoms with E-state index in [1.807, 2.05) is 6.92 Å². The fourth-order valence-corrected chi connectivity index (χ4v) is 3.50. The number of halogens is 1. The average molecular weight is 448 g/mol. The topological polar surface area (TPSA) is 90.6 Å². The van der Waals surface area contributed by atoms with Crippen molar-refractivity contribution in [3.8, 4) is 34.0 Å². The highest BCUT2D eigenvalue weighted by Gasteiger charge is 2.31. The predicted octanol–water partition coefficient (Wildman–Crippen LogP) is 4.95. The van der Waals surface area contributed by atoms with E-state index >= 15 is 0 Å². The third-order valence-electron chi connectivity index (χ3n) is 5.03. The zero-order valence-corrected chi connectivity index (χ0v) is 18.5. The fourth-order valence-electron chi connectivity index (χ4n) is 3.50. The number of methoxy groups -OCH3 is 2. The monoisotopic (exact) mass is 448 g/mol. The molecule has 0 N–H and O–H groups in total. The highest BCUT2D eigenvalue weighted by molar-refractivity contribution is 6.04. The number of aromatic nitrogens is 3. The molecule has 0 fully saturated rings. The molecule has 4 aromatic rings. The van der Waals surface area contributed by atoms with Crippen molar-refractivity contribution in [3.63, 3.8) is 0 Å². The van der Waals surface area contributed by atoms with Crippen LogP contribution in [0.3, 0.4) is 0 Å². The van der Waals surface area contributed by atoms with Gasteiger partial charge in [-0.25, -0.2) is 19.3 Å². The van der Waals surface area contributed by atoms with Crippen LogP contribution in [0.5, 0.6) is 11.5 Å². The zero-order valence-electron chi connectivity index (χ0n) is 18.5. The molecule has 2 aromatic carbocycles. The van der Waals surface area contributed by atoms with Gasteiger partial charge in [-0.2, -0.15) is 0 Å². The third-order valence-corrected chi connectivity index (χ3v) is 5.03. The first-order valence-electron chi connectivity index (χ1n) is 10.00. The van der Waals surface area contributed by atoms with Gasteiger partial charge in [0.15, 0.2) is 0 Å². The molecule has 9 heteroatoms. The van der Waals surface area contributed by atoms with Crippen molar-refractivity contribution in [2.24, 2.45) is 0 Å². The summed E-state index contributed by atoms with van der Waals surface area (Å²) < 4.78 is 31.3. The lowest BCUT2D eigenvalue weighted by atomic mass is 10.0. The quantitative estimate of drug-likeness (QED) is 0.412. The lowest BCUT2D eigenvalue weighted by Crippen LogP contribution is -2.23. The van der Waals surface area contributed by atoms with Gasteiger partial charge in [0, 0.05) is 24.8 Å². The van der Waals surface area contributed by atoms with Crippen molar-refractivity contribution < 1.29 is 23.2 Å². The first kappa shape index (κ1) is 21.9. The highest BCUT2D eigenvalue weighted by Crippen LogP contribution is 2.45. The van der Waals surface area contributed by atoms with Crippen LogP contribution < -0.4 is 14.4 Å². The van der Waals surface area contributed by atoms with Gasteiger partial charge in [0.2, 0.25) is 11.8 Å². The van der Waals surface area contributed by atoms with Crippen LogP contribution in [0.2, 0.25) is 0 Å². The molecule has 0 radical (unpaired) electrons. The van der Waals surface area contributed by atoms with Crippen LogP contribution in [0.15, 0.2) is 59.5 Å². The van der Waals surface area contributed by atoms with Gasteiger partial charge in [-0.05, 0) is 37.3 Å². The molecule has 2 aromatic heterocycles. The van der Waals surface area contributed by atoms with Crippen LogP contribution >= 0.6 is 0 Å². The summed E-state index contributed by atoms with van der Waals surface area (Å²) in [6.07, 6.45) is 2.90. The minimum atomic E-state index is -0.482. The van der Waals surface area contributed by atoms with Crippen LogP contribution in [0.1, 0.15) is 12.5 Å². The van der Waals surface area contributed by atoms with E-state index in [-0.39, 0.29) is 23.0 Å². The first-order chi connectivity index (χ1) is 15.9. The smallest absolute Gasteiger partial charge is 0.248 e. The minimum absolute atomic E-state index is 0.0589. The first-order valence-corrected chi connectivity index (χ1v) is 10.00.